The van der Waals surface area contributed by atoms with Gasteiger partial charge in [0.15, 0.2) is 0 Å². The van der Waals surface area contributed by atoms with E-state index in [1.807, 2.05) is 17.8 Å². The molecule has 0 radical (unpaired) electrons. The standard InChI is InChI=1S/C7H18N2.C6H11N3/c1-4-9(5-2)7-6-8-3;7-2-1-4-9-5-3-8-6-9/h8H,4-7H2,1-3H3;3,5-6H,1-2,4,7H2. The van der Waals surface area contributed by atoms with Gasteiger partial charge in [-0.3, -0.25) is 0 Å². The zero-order valence-corrected chi connectivity index (χ0v) is 12.1. The summed E-state index contributed by atoms with van der Waals surface area (Å²) in [6, 6.07) is 0. The van der Waals surface area contributed by atoms with Crippen LogP contribution in [0.4, 0.5) is 0 Å². The summed E-state index contributed by atoms with van der Waals surface area (Å²) in [4.78, 5) is 6.30. The lowest BCUT2D eigenvalue weighted by Gasteiger charge is -2.16. The second-order valence-corrected chi connectivity index (χ2v) is 4.07. The van der Waals surface area contributed by atoms with Crippen LogP contribution in [0.1, 0.15) is 20.3 Å². The van der Waals surface area contributed by atoms with Crippen molar-refractivity contribution in [2.75, 3.05) is 39.8 Å². The number of nitrogens with zero attached hydrogens (tertiary/aromatic N) is 3. The first-order valence-corrected chi connectivity index (χ1v) is 6.81. The number of hydrogen-bond acceptors (Lipinski definition) is 4. The van der Waals surface area contributed by atoms with Crippen molar-refractivity contribution < 1.29 is 0 Å². The maximum Gasteiger partial charge on any atom is 0.0945 e. The monoisotopic (exact) mass is 255 g/mol. The summed E-state index contributed by atoms with van der Waals surface area (Å²) >= 11 is 0. The van der Waals surface area contributed by atoms with Crippen LogP contribution in [0.2, 0.25) is 0 Å². The van der Waals surface area contributed by atoms with Gasteiger partial charge in [0.25, 0.3) is 0 Å². The molecular formula is C13H29N5. The second kappa shape index (κ2) is 12.5. The van der Waals surface area contributed by atoms with Crippen LogP contribution in [0.5, 0.6) is 0 Å². The normalized spacial score (nSPS) is 10.3. The number of hydrogen-bond donors (Lipinski definition) is 2. The molecule has 0 aliphatic rings. The zero-order valence-electron chi connectivity index (χ0n) is 12.1. The highest BCUT2D eigenvalue weighted by Crippen LogP contribution is 1.87. The first-order valence-electron chi connectivity index (χ1n) is 6.81. The average molecular weight is 255 g/mol. The van der Waals surface area contributed by atoms with Gasteiger partial charge in [-0.15, -0.1) is 0 Å². The van der Waals surface area contributed by atoms with Crippen molar-refractivity contribution in [3.63, 3.8) is 0 Å². The Morgan fingerprint density at radius 2 is 2.06 bits per heavy atom. The number of rotatable bonds is 8. The lowest BCUT2D eigenvalue weighted by molar-refractivity contribution is 0.305. The van der Waals surface area contributed by atoms with Gasteiger partial charge in [0.05, 0.1) is 6.33 Å². The number of aromatic nitrogens is 2. The lowest BCUT2D eigenvalue weighted by atomic mass is 10.4. The van der Waals surface area contributed by atoms with Crippen LogP contribution < -0.4 is 11.1 Å². The molecule has 0 atom stereocenters. The maximum absolute atomic E-state index is 5.31. The molecule has 5 heteroatoms. The predicted molar refractivity (Wildman–Crippen MR) is 77.6 cm³/mol. The number of likely N-dealkylation sites (N-methyl/N-ethyl adjacent to an activating group) is 2. The van der Waals surface area contributed by atoms with Crippen LogP contribution in [-0.4, -0.2) is 54.2 Å². The van der Waals surface area contributed by atoms with Crippen molar-refractivity contribution in [3.8, 4) is 0 Å². The molecule has 0 aliphatic heterocycles. The Labute approximate surface area is 111 Å². The van der Waals surface area contributed by atoms with Crippen molar-refractivity contribution in [2.45, 2.75) is 26.8 Å². The van der Waals surface area contributed by atoms with Gasteiger partial charge in [-0.1, -0.05) is 13.8 Å². The van der Waals surface area contributed by atoms with E-state index in [1.54, 1.807) is 12.5 Å². The molecule has 0 fully saturated rings. The number of nitrogens with one attached hydrogen (secondary N) is 1. The number of imidazole rings is 1. The van der Waals surface area contributed by atoms with Crippen molar-refractivity contribution >= 4 is 0 Å². The molecule has 1 heterocycles. The number of nitrogens with two attached hydrogens (primary N) is 1. The first-order chi connectivity index (χ1) is 8.78. The molecule has 3 N–H and O–H groups in total. The molecular weight excluding hydrogens is 226 g/mol. The molecule has 106 valence electrons. The molecule has 0 bridgehead atoms. The van der Waals surface area contributed by atoms with Crippen molar-refractivity contribution in [2.24, 2.45) is 5.73 Å². The van der Waals surface area contributed by atoms with Gasteiger partial charge >= 0.3 is 0 Å². The fraction of sp³-hybridized carbons (Fsp3) is 0.769. The third kappa shape index (κ3) is 9.15. The SMILES string of the molecule is CCN(CC)CCNC.NCCCn1ccnc1. The molecule has 1 aromatic rings. The first kappa shape index (κ1) is 17.1. The minimum atomic E-state index is 0.748. The van der Waals surface area contributed by atoms with Gasteiger partial charge < -0.3 is 20.5 Å². The van der Waals surface area contributed by atoms with E-state index >= 15 is 0 Å². The molecule has 0 saturated carbocycles. The largest absolute Gasteiger partial charge is 0.337 e. The van der Waals surface area contributed by atoms with E-state index < -0.39 is 0 Å². The van der Waals surface area contributed by atoms with Crippen molar-refractivity contribution in [1.82, 2.24) is 19.8 Å². The van der Waals surface area contributed by atoms with Crippen LogP contribution in [0, 0.1) is 0 Å². The topological polar surface area (TPSA) is 59.1 Å². The Balaban J connectivity index is 0.000000321. The smallest absolute Gasteiger partial charge is 0.0945 e. The summed E-state index contributed by atoms with van der Waals surface area (Å²) in [7, 11) is 1.99. The van der Waals surface area contributed by atoms with Crippen LogP contribution in [0.25, 0.3) is 0 Å². The zero-order chi connectivity index (χ0) is 13.6. The molecule has 1 rings (SSSR count). The van der Waals surface area contributed by atoms with Gasteiger partial charge in [0, 0.05) is 32.0 Å². The summed E-state index contributed by atoms with van der Waals surface area (Å²) in [5.41, 5.74) is 5.31. The Hall–Kier alpha value is -0.910. The van der Waals surface area contributed by atoms with Gasteiger partial charge in [-0.2, -0.15) is 0 Å². The third-order valence-electron chi connectivity index (χ3n) is 2.75. The van der Waals surface area contributed by atoms with Crippen LogP contribution in [0.3, 0.4) is 0 Å². The minimum Gasteiger partial charge on any atom is -0.337 e. The van der Waals surface area contributed by atoms with E-state index in [9.17, 15) is 0 Å². The second-order valence-electron chi connectivity index (χ2n) is 4.07. The highest BCUT2D eigenvalue weighted by atomic mass is 15.1. The molecule has 1 aromatic heterocycles. The fourth-order valence-corrected chi connectivity index (χ4v) is 1.50. The molecule has 0 amide bonds. The van der Waals surface area contributed by atoms with Gasteiger partial charge in [0.2, 0.25) is 0 Å². The lowest BCUT2D eigenvalue weighted by Crippen LogP contribution is -2.30. The van der Waals surface area contributed by atoms with Gasteiger partial charge in [0.1, 0.15) is 0 Å². The van der Waals surface area contributed by atoms with Crippen LogP contribution >= 0.6 is 0 Å². The third-order valence-corrected chi connectivity index (χ3v) is 2.75. The predicted octanol–water partition coefficient (Wildman–Crippen LogP) is 0.780. The van der Waals surface area contributed by atoms with Gasteiger partial charge in [-0.05, 0) is 33.1 Å². The average Bonchev–Trinajstić information content (AvgIpc) is 2.91. The van der Waals surface area contributed by atoms with Crippen LogP contribution in [0.15, 0.2) is 18.7 Å². The highest BCUT2D eigenvalue weighted by molar-refractivity contribution is 4.73. The fourth-order valence-electron chi connectivity index (χ4n) is 1.50. The molecule has 0 saturated heterocycles. The molecule has 0 unspecified atom stereocenters. The Morgan fingerprint density at radius 1 is 1.33 bits per heavy atom. The Kier molecular flexibility index (Phi) is 11.9. The van der Waals surface area contributed by atoms with E-state index in [0.29, 0.717) is 0 Å². The highest BCUT2D eigenvalue weighted by Gasteiger charge is 1.94. The van der Waals surface area contributed by atoms with Crippen LogP contribution in [-0.2, 0) is 6.54 Å². The molecule has 0 aromatic carbocycles. The Bertz CT molecular complexity index is 244. The van der Waals surface area contributed by atoms with E-state index in [-0.39, 0.29) is 0 Å². The van der Waals surface area contributed by atoms with Crippen molar-refractivity contribution in [3.05, 3.63) is 18.7 Å². The van der Waals surface area contributed by atoms with Gasteiger partial charge in [-0.25, -0.2) is 4.98 Å². The summed E-state index contributed by atoms with van der Waals surface area (Å²) in [6.45, 7) is 10.7. The number of aryl methyl sites for hydroxylation is 1. The summed E-state index contributed by atoms with van der Waals surface area (Å²) < 4.78 is 2.02. The summed E-state index contributed by atoms with van der Waals surface area (Å²) in [5.74, 6) is 0. The van der Waals surface area contributed by atoms with E-state index in [4.69, 9.17) is 5.73 Å². The van der Waals surface area contributed by atoms with Crippen molar-refractivity contribution in [1.29, 1.82) is 0 Å². The van der Waals surface area contributed by atoms with E-state index in [2.05, 4.69) is 29.0 Å². The molecule has 0 aliphatic carbocycles. The Morgan fingerprint density at radius 3 is 2.50 bits per heavy atom. The maximum atomic E-state index is 5.31. The molecule has 18 heavy (non-hydrogen) atoms. The molecule has 0 spiro atoms. The minimum absolute atomic E-state index is 0.748. The van der Waals surface area contributed by atoms with E-state index in [0.717, 1.165) is 39.1 Å². The van der Waals surface area contributed by atoms with E-state index in [1.165, 1.54) is 6.54 Å². The molecule has 5 nitrogen and oxygen atoms in total. The quantitative estimate of drug-likeness (QED) is 0.721. The summed E-state index contributed by atoms with van der Waals surface area (Å²) in [5, 5.41) is 3.13. The summed E-state index contributed by atoms with van der Waals surface area (Å²) in [6.07, 6.45) is 6.54.